The molecule has 0 aliphatic carbocycles. The maximum Gasteiger partial charge on any atom is 0.472 e. The number of esters is 4. The molecule has 0 saturated carbocycles. The number of phosphoric ester groups is 2. The molecule has 588 valence electrons. The average Bonchev–Trinajstić information content (AvgIpc) is 0.919. The van der Waals surface area contributed by atoms with Gasteiger partial charge in [-0.25, -0.2) is 9.13 Å². The highest BCUT2D eigenvalue weighted by atomic mass is 31.2. The first-order valence-corrected chi connectivity index (χ1v) is 43.1. The van der Waals surface area contributed by atoms with Crippen LogP contribution in [-0.4, -0.2) is 96.7 Å². The molecule has 102 heavy (non-hydrogen) atoms. The predicted octanol–water partition coefficient (Wildman–Crippen LogP) is 23.3. The molecule has 0 rings (SSSR count). The van der Waals surface area contributed by atoms with Crippen LogP contribution in [0.5, 0.6) is 0 Å². The maximum absolute atomic E-state index is 13.1. The Balaban J connectivity index is 5.40. The molecular weight excluding hydrogens is 1330 g/mol. The molecule has 0 amide bonds. The minimum Gasteiger partial charge on any atom is -0.462 e. The van der Waals surface area contributed by atoms with Gasteiger partial charge in [0.05, 0.1) is 32.8 Å². The van der Waals surface area contributed by atoms with Crippen LogP contribution in [0.1, 0.15) is 336 Å². The highest BCUT2D eigenvalue weighted by Crippen LogP contribution is 2.45. The molecule has 17 nitrogen and oxygen atoms in total. The zero-order chi connectivity index (χ0) is 74.6. The van der Waals surface area contributed by atoms with Gasteiger partial charge in [0.25, 0.3) is 0 Å². The first-order chi connectivity index (χ1) is 49.7. The molecule has 19 heteroatoms. The van der Waals surface area contributed by atoms with E-state index in [2.05, 4.69) is 113 Å². The standard InChI is InChI=1S/C83H144O17P2/c1-5-9-13-17-21-25-29-33-36-37-38-39-42-45-48-52-56-60-64-68-81(86)94-73-78(99-82(87)69-65-61-57-53-49-43-32-28-24-20-16-12-8-4)75-97-101(89,90)95-71-77(84)72-96-102(91,92)98-76-79(100-83(88)70-66-62-58-54-50-46-41-35-31-27-23-19-15-11-7-3)74-93-80(85)67-63-59-55-51-47-44-40-34-30-26-22-18-14-10-6-2/h10,14,21-22,25-26,28,32-34,36,38-40,47,51,59,63,77-79,84H,5-9,11-13,15-20,23-24,27,29-31,35,37,41-46,48-50,52-58,60-62,64-76H2,1-4H3,(H,89,90)(H,91,92)/b14-10-,25-21-,26-22-,32-28-,36-33-,39-38-,40-34-,51-47-,63-59-. The van der Waals surface area contributed by atoms with Gasteiger partial charge in [0.2, 0.25) is 0 Å². The molecule has 0 fully saturated rings. The van der Waals surface area contributed by atoms with Gasteiger partial charge in [-0.2, -0.15) is 0 Å². The summed E-state index contributed by atoms with van der Waals surface area (Å²) in [6, 6.07) is 0. The summed E-state index contributed by atoms with van der Waals surface area (Å²) in [7, 11) is -9.98. The number of allylic oxidation sites excluding steroid dienone is 17. The first kappa shape index (κ1) is 97.7. The van der Waals surface area contributed by atoms with Gasteiger partial charge in [-0.1, -0.05) is 304 Å². The van der Waals surface area contributed by atoms with Crippen molar-refractivity contribution in [2.24, 2.45) is 0 Å². The lowest BCUT2D eigenvalue weighted by atomic mass is 10.0. The van der Waals surface area contributed by atoms with Crippen LogP contribution in [0.4, 0.5) is 0 Å². The highest BCUT2D eigenvalue weighted by molar-refractivity contribution is 7.47. The fourth-order valence-electron chi connectivity index (χ4n) is 10.6. The van der Waals surface area contributed by atoms with Crippen LogP contribution in [0.3, 0.4) is 0 Å². The summed E-state index contributed by atoms with van der Waals surface area (Å²) in [5, 5.41) is 10.6. The molecule has 0 heterocycles. The Morgan fingerprint density at radius 3 is 0.912 bits per heavy atom. The van der Waals surface area contributed by atoms with Crippen LogP contribution in [0.2, 0.25) is 0 Å². The lowest BCUT2D eigenvalue weighted by Crippen LogP contribution is -2.30. The van der Waals surface area contributed by atoms with Gasteiger partial charge in [-0.3, -0.25) is 37.3 Å². The third-order valence-corrected chi connectivity index (χ3v) is 18.7. The molecule has 0 aromatic rings. The van der Waals surface area contributed by atoms with Gasteiger partial charge in [0.15, 0.2) is 12.2 Å². The Morgan fingerprint density at radius 1 is 0.294 bits per heavy atom. The van der Waals surface area contributed by atoms with Crippen LogP contribution < -0.4 is 0 Å². The number of phosphoric acid groups is 2. The van der Waals surface area contributed by atoms with Crippen molar-refractivity contribution in [3.8, 4) is 0 Å². The van der Waals surface area contributed by atoms with Crippen molar-refractivity contribution in [2.45, 2.75) is 354 Å². The third kappa shape index (κ3) is 74.0. The van der Waals surface area contributed by atoms with Crippen molar-refractivity contribution in [2.75, 3.05) is 39.6 Å². The largest absolute Gasteiger partial charge is 0.472 e. The quantitative estimate of drug-likeness (QED) is 0.0169. The number of rotatable bonds is 75. The van der Waals surface area contributed by atoms with Crippen molar-refractivity contribution in [3.63, 3.8) is 0 Å². The van der Waals surface area contributed by atoms with E-state index in [9.17, 15) is 43.2 Å². The van der Waals surface area contributed by atoms with Crippen LogP contribution in [0.25, 0.3) is 0 Å². The molecule has 0 bridgehead atoms. The second kappa shape index (κ2) is 75.0. The van der Waals surface area contributed by atoms with Crippen molar-refractivity contribution in [1.82, 2.24) is 0 Å². The van der Waals surface area contributed by atoms with E-state index >= 15 is 0 Å². The molecule has 0 spiro atoms. The van der Waals surface area contributed by atoms with Crippen molar-refractivity contribution in [1.29, 1.82) is 0 Å². The number of unbranched alkanes of at least 4 members (excludes halogenated alkanes) is 32. The highest BCUT2D eigenvalue weighted by Gasteiger charge is 2.30. The van der Waals surface area contributed by atoms with E-state index in [1.165, 1.54) is 109 Å². The van der Waals surface area contributed by atoms with Crippen molar-refractivity contribution >= 4 is 39.5 Å². The van der Waals surface area contributed by atoms with Gasteiger partial charge >= 0.3 is 39.5 Å². The molecule has 5 atom stereocenters. The first-order valence-electron chi connectivity index (χ1n) is 40.1. The maximum atomic E-state index is 13.1. The normalized spacial score (nSPS) is 14.5. The van der Waals surface area contributed by atoms with E-state index in [1.807, 2.05) is 18.2 Å². The minimum absolute atomic E-state index is 0.0694. The zero-order valence-corrected chi connectivity index (χ0v) is 66.0. The smallest absolute Gasteiger partial charge is 0.462 e. The number of hydrogen-bond acceptors (Lipinski definition) is 15. The van der Waals surface area contributed by atoms with Gasteiger partial charge < -0.3 is 33.8 Å². The summed E-state index contributed by atoms with van der Waals surface area (Å²) in [5.41, 5.74) is 0. The third-order valence-electron chi connectivity index (χ3n) is 16.8. The van der Waals surface area contributed by atoms with Crippen LogP contribution in [0.15, 0.2) is 109 Å². The van der Waals surface area contributed by atoms with E-state index in [0.717, 1.165) is 148 Å². The predicted molar refractivity (Wildman–Crippen MR) is 418 cm³/mol. The molecule has 0 radical (unpaired) electrons. The summed E-state index contributed by atoms with van der Waals surface area (Å²) in [6.07, 6.45) is 81.0. The summed E-state index contributed by atoms with van der Waals surface area (Å²) >= 11 is 0. The minimum atomic E-state index is -4.99. The number of carbonyl (C=O) groups excluding carboxylic acids is 4. The Labute approximate surface area is 619 Å². The molecule has 0 saturated heterocycles. The molecule has 0 aliphatic rings. The number of hydrogen-bond donors (Lipinski definition) is 3. The molecule has 3 N–H and O–H groups in total. The summed E-state index contributed by atoms with van der Waals surface area (Å²) < 4.78 is 68.5. The Bertz CT molecular complexity index is 2360. The van der Waals surface area contributed by atoms with E-state index in [0.29, 0.717) is 25.7 Å². The fraction of sp³-hybridized carbons (Fsp3) is 0.735. The van der Waals surface area contributed by atoms with Gasteiger partial charge in [0.1, 0.15) is 19.3 Å². The monoisotopic (exact) mass is 1470 g/mol. The summed E-state index contributed by atoms with van der Waals surface area (Å²) in [4.78, 5) is 72.9. The molecular formula is C83H144O17P2. The zero-order valence-electron chi connectivity index (χ0n) is 64.3. The second-order valence-electron chi connectivity index (χ2n) is 26.6. The Hall–Kier alpha value is -4.28. The number of carbonyl (C=O) groups is 4. The van der Waals surface area contributed by atoms with E-state index in [-0.39, 0.29) is 25.7 Å². The van der Waals surface area contributed by atoms with Crippen LogP contribution >= 0.6 is 15.6 Å². The lowest BCUT2D eigenvalue weighted by molar-refractivity contribution is -0.161. The Morgan fingerprint density at radius 2 is 0.549 bits per heavy atom. The average molecular weight is 1480 g/mol. The molecule has 5 unspecified atom stereocenters. The fourth-order valence-corrected chi connectivity index (χ4v) is 12.2. The molecule has 0 aliphatic heterocycles. The number of ether oxygens (including phenoxy) is 4. The van der Waals surface area contributed by atoms with Gasteiger partial charge in [-0.05, 0) is 116 Å². The molecule has 0 aromatic carbocycles. The van der Waals surface area contributed by atoms with Crippen molar-refractivity contribution < 1.29 is 80.2 Å². The SMILES string of the molecule is CC/C=C\C/C=C\C/C=C\C/C=C\C/C=C\CC(=O)OCC(COP(=O)(O)OCC(O)COP(=O)(O)OCC(COC(=O)CCCCCCCC/C=C\C/C=C\C/C=C\CCCCC)OC(=O)CCCCCCC/C=C\CCCCCC)OC(=O)CCCCCCCCCCCCCCCCC. The second-order valence-corrected chi connectivity index (χ2v) is 29.6. The summed E-state index contributed by atoms with van der Waals surface area (Å²) in [6.45, 7) is 4.62. The lowest BCUT2D eigenvalue weighted by Gasteiger charge is -2.21. The number of aliphatic hydroxyl groups is 1. The van der Waals surface area contributed by atoms with E-state index in [4.69, 9.17) is 37.0 Å². The van der Waals surface area contributed by atoms with E-state index in [1.54, 1.807) is 6.08 Å². The summed E-state index contributed by atoms with van der Waals surface area (Å²) in [5.74, 6) is -2.33. The van der Waals surface area contributed by atoms with Gasteiger partial charge in [-0.15, -0.1) is 0 Å². The number of aliphatic hydroxyl groups excluding tert-OH is 1. The Kier molecular flexibility index (Phi) is 71.8. The van der Waals surface area contributed by atoms with Gasteiger partial charge in [0, 0.05) is 19.3 Å². The van der Waals surface area contributed by atoms with Crippen LogP contribution in [-0.2, 0) is 65.4 Å². The topological polar surface area (TPSA) is 237 Å². The molecule has 0 aromatic heterocycles. The van der Waals surface area contributed by atoms with Crippen molar-refractivity contribution in [3.05, 3.63) is 109 Å². The van der Waals surface area contributed by atoms with E-state index < -0.39 is 97.5 Å². The van der Waals surface area contributed by atoms with Crippen LogP contribution in [0, 0.1) is 0 Å².